The summed E-state index contributed by atoms with van der Waals surface area (Å²) in [7, 11) is 2.14. The molecule has 1 N–H and O–H groups in total. The highest BCUT2D eigenvalue weighted by molar-refractivity contribution is 5.38. The molecule has 1 saturated heterocycles. The zero-order valence-corrected chi connectivity index (χ0v) is 13.6. The molecule has 0 atom stereocenters. The van der Waals surface area contributed by atoms with E-state index in [9.17, 15) is 0 Å². The lowest BCUT2D eigenvalue weighted by molar-refractivity contribution is 0.0685. The minimum atomic E-state index is 0.671. The van der Waals surface area contributed by atoms with E-state index in [1.807, 2.05) is 0 Å². The fourth-order valence-electron chi connectivity index (χ4n) is 2.68. The van der Waals surface area contributed by atoms with Gasteiger partial charge in [-0.3, -0.25) is 0 Å². The molecule has 2 rings (SSSR count). The summed E-state index contributed by atoms with van der Waals surface area (Å²) in [5.41, 5.74) is 1.12. The van der Waals surface area contributed by atoms with Gasteiger partial charge in [0.05, 0.1) is 5.69 Å². The van der Waals surface area contributed by atoms with Crippen molar-refractivity contribution in [2.75, 3.05) is 38.3 Å². The van der Waals surface area contributed by atoms with Crippen LogP contribution < -0.4 is 10.2 Å². The average molecular weight is 291 g/mol. The third kappa shape index (κ3) is 5.64. The third-order valence-corrected chi connectivity index (χ3v) is 3.91. The van der Waals surface area contributed by atoms with Crippen LogP contribution in [0.15, 0.2) is 18.2 Å². The zero-order valence-electron chi connectivity index (χ0n) is 13.6. The molecule has 118 valence electrons. The van der Waals surface area contributed by atoms with E-state index in [0.29, 0.717) is 5.92 Å². The minimum absolute atomic E-state index is 0.671. The summed E-state index contributed by atoms with van der Waals surface area (Å²) >= 11 is 0. The van der Waals surface area contributed by atoms with Crippen molar-refractivity contribution >= 4 is 5.82 Å². The predicted octanol–water partition coefficient (Wildman–Crippen LogP) is 2.69. The van der Waals surface area contributed by atoms with Gasteiger partial charge in [0.1, 0.15) is 5.82 Å². The van der Waals surface area contributed by atoms with Crippen molar-refractivity contribution in [3.63, 3.8) is 0 Å². The highest BCUT2D eigenvalue weighted by Crippen LogP contribution is 2.18. The first-order valence-corrected chi connectivity index (χ1v) is 8.10. The Morgan fingerprint density at radius 3 is 2.81 bits per heavy atom. The minimum Gasteiger partial charge on any atom is -0.381 e. The Kier molecular flexibility index (Phi) is 6.46. The Labute approximate surface area is 128 Å². The molecule has 0 saturated carbocycles. The average Bonchev–Trinajstić information content (AvgIpc) is 2.48. The van der Waals surface area contributed by atoms with Crippen LogP contribution in [0.2, 0.25) is 0 Å². The van der Waals surface area contributed by atoms with E-state index in [4.69, 9.17) is 9.72 Å². The lowest BCUT2D eigenvalue weighted by Gasteiger charge is -2.28. The van der Waals surface area contributed by atoms with Gasteiger partial charge in [-0.1, -0.05) is 19.9 Å². The Hall–Kier alpha value is -1.13. The van der Waals surface area contributed by atoms with Crippen molar-refractivity contribution in [3.05, 3.63) is 23.9 Å². The number of pyridine rings is 1. The van der Waals surface area contributed by atoms with Gasteiger partial charge in [-0.05, 0) is 43.4 Å². The Bertz CT molecular complexity index is 416. The molecule has 21 heavy (non-hydrogen) atoms. The van der Waals surface area contributed by atoms with Crippen LogP contribution in [0.3, 0.4) is 0 Å². The molecule has 0 bridgehead atoms. The molecule has 0 amide bonds. The van der Waals surface area contributed by atoms with E-state index in [-0.39, 0.29) is 0 Å². The number of nitrogens with one attached hydrogen (secondary N) is 1. The van der Waals surface area contributed by atoms with Crippen LogP contribution >= 0.6 is 0 Å². The molecule has 1 aliphatic heterocycles. The lowest BCUT2D eigenvalue weighted by atomic mass is 10.00. The summed E-state index contributed by atoms with van der Waals surface area (Å²) in [6.45, 7) is 9.20. The van der Waals surface area contributed by atoms with Crippen LogP contribution in [0.5, 0.6) is 0 Å². The van der Waals surface area contributed by atoms with Gasteiger partial charge in [0.15, 0.2) is 0 Å². The van der Waals surface area contributed by atoms with Gasteiger partial charge in [-0.15, -0.1) is 0 Å². The molecule has 2 heterocycles. The van der Waals surface area contributed by atoms with Gasteiger partial charge in [0.2, 0.25) is 0 Å². The highest BCUT2D eigenvalue weighted by Gasteiger charge is 2.16. The van der Waals surface area contributed by atoms with E-state index in [1.165, 1.54) is 12.8 Å². The first kappa shape index (κ1) is 16.2. The van der Waals surface area contributed by atoms with Gasteiger partial charge in [-0.25, -0.2) is 4.98 Å². The number of nitrogens with zero attached hydrogens (tertiary/aromatic N) is 2. The van der Waals surface area contributed by atoms with E-state index in [0.717, 1.165) is 50.3 Å². The number of hydrogen-bond acceptors (Lipinski definition) is 4. The van der Waals surface area contributed by atoms with Crippen LogP contribution in [-0.2, 0) is 11.3 Å². The quantitative estimate of drug-likeness (QED) is 0.838. The molecule has 1 fully saturated rings. The van der Waals surface area contributed by atoms with Crippen molar-refractivity contribution < 1.29 is 4.74 Å². The zero-order chi connectivity index (χ0) is 15.1. The van der Waals surface area contributed by atoms with E-state index in [2.05, 4.69) is 49.3 Å². The van der Waals surface area contributed by atoms with Gasteiger partial charge in [0.25, 0.3) is 0 Å². The molecule has 4 heteroatoms. The maximum Gasteiger partial charge on any atom is 0.128 e. The summed E-state index contributed by atoms with van der Waals surface area (Å²) in [5, 5.41) is 3.45. The second kappa shape index (κ2) is 8.35. The lowest BCUT2D eigenvalue weighted by Crippen LogP contribution is -2.30. The van der Waals surface area contributed by atoms with Crippen molar-refractivity contribution in [1.82, 2.24) is 10.3 Å². The van der Waals surface area contributed by atoms with E-state index >= 15 is 0 Å². The summed E-state index contributed by atoms with van der Waals surface area (Å²) in [6, 6.07) is 6.31. The van der Waals surface area contributed by atoms with Crippen molar-refractivity contribution in [3.8, 4) is 0 Å². The van der Waals surface area contributed by atoms with E-state index in [1.54, 1.807) is 0 Å². The van der Waals surface area contributed by atoms with Gasteiger partial charge < -0.3 is 15.0 Å². The summed E-state index contributed by atoms with van der Waals surface area (Å²) in [6.07, 6.45) is 2.33. The predicted molar refractivity (Wildman–Crippen MR) is 87.6 cm³/mol. The largest absolute Gasteiger partial charge is 0.381 e. The maximum atomic E-state index is 5.43. The van der Waals surface area contributed by atoms with Crippen molar-refractivity contribution in [1.29, 1.82) is 0 Å². The topological polar surface area (TPSA) is 37.4 Å². The highest BCUT2D eigenvalue weighted by atomic mass is 16.5. The Morgan fingerprint density at radius 1 is 1.33 bits per heavy atom. The van der Waals surface area contributed by atoms with Crippen molar-refractivity contribution in [2.45, 2.75) is 33.2 Å². The fourth-order valence-corrected chi connectivity index (χ4v) is 2.68. The number of ether oxygens (including phenoxy) is 1. The molecule has 1 aliphatic rings. The number of anilines is 1. The van der Waals surface area contributed by atoms with Crippen LogP contribution in [0, 0.1) is 11.8 Å². The standard InChI is InChI=1S/C17H29N3O/c1-14(2)11-18-12-16-5-4-6-17(19-16)20(3)13-15-7-9-21-10-8-15/h4-6,14-15,18H,7-13H2,1-3H3. The monoisotopic (exact) mass is 291 g/mol. The molecule has 1 aromatic heterocycles. The number of hydrogen-bond donors (Lipinski definition) is 1. The van der Waals surface area contributed by atoms with Crippen LogP contribution in [0.1, 0.15) is 32.4 Å². The molecule has 0 aliphatic carbocycles. The van der Waals surface area contributed by atoms with Crippen LogP contribution in [-0.4, -0.2) is 38.3 Å². The first-order chi connectivity index (χ1) is 10.1. The molecule has 0 aromatic carbocycles. The third-order valence-electron chi connectivity index (χ3n) is 3.91. The first-order valence-electron chi connectivity index (χ1n) is 8.10. The summed E-state index contributed by atoms with van der Waals surface area (Å²) in [5.74, 6) is 2.47. The Balaban J connectivity index is 1.86. The smallest absolute Gasteiger partial charge is 0.128 e. The SMILES string of the molecule is CC(C)CNCc1cccc(N(C)CC2CCOCC2)n1. The second-order valence-corrected chi connectivity index (χ2v) is 6.45. The molecular formula is C17H29N3O. The molecule has 0 unspecified atom stereocenters. The fraction of sp³-hybridized carbons (Fsp3) is 0.706. The molecule has 0 radical (unpaired) electrons. The van der Waals surface area contributed by atoms with Gasteiger partial charge in [-0.2, -0.15) is 0 Å². The van der Waals surface area contributed by atoms with Crippen LogP contribution in [0.25, 0.3) is 0 Å². The molecule has 4 nitrogen and oxygen atoms in total. The van der Waals surface area contributed by atoms with Gasteiger partial charge in [0, 0.05) is 33.4 Å². The van der Waals surface area contributed by atoms with Crippen LogP contribution in [0.4, 0.5) is 5.82 Å². The molecule has 1 aromatic rings. The Morgan fingerprint density at radius 2 is 2.10 bits per heavy atom. The molecule has 0 spiro atoms. The summed E-state index contributed by atoms with van der Waals surface area (Å²) in [4.78, 5) is 7.05. The number of rotatable bonds is 7. The van der Waals surface area contributed by atoms with Gasteiger partial charge >= 0.3 is 0 Å². The maximum absolute atomic E-state index is 5.43. The normalized spacial score (nSPS) is 16.4. The summed E-state index contributed by atoms with van der Waals surface area (Å²) < 4.78 is 5.43. The van der Waals surface area contributed by atoms with Crippen molar-refractivity contribution in [2.24, 2.45) is 11.8 Å². The second-order valence-electron chi connectivity index (χ2n) is 6.45. The number of aromatic nitrogens is 1. The van der Waals surface area contributed by atoms with E-state index < -0.39 is 0 Å². The molecular weight excluding hydrogens is 262 g/mol.